The van der Waals surface area contributed by atoms with E-state index in [1.807, 2.05) is 37.4 Å². The van der Waals surface area contributed by atoms with Crippen LogP contribution in [0.15, 0.2) is 30.3 Å². The molecule has 1 aromatic carbocycles. The normalized spacial score (nSPS) is 21.8. The fourth-order valence-corrected chi connectivity index (χ4v) is 2.81. The van der Waals surface area contributed by atoms with Gasteiger partial charge in [0.1, 0.15) is 12.4 Å². The standard InChI is InChI=1S/C17H26N2O2/c1-19(11-12-21-15-8-3-2-4-9-15)17(20)13-14-7-5-6-10-16(14)18/h2-4,8-9,14,16H,5-7,10-13,18H2,1H3. The smallest absolute Gasteiger partial charge is 0.222 e. The SMILES string of the molecule is CN(CCOc1ccccc1)C(=O)CC1CCCCC1N. The first-order valence-corrected chi connectivity index (χ1v) is 7.84. The van der Waals surface area contributed by atoms with Crippen molar-refractivity contribution in [2.75, 3.05) is 20.2 Å². The number of hydrogen-bond donors (Lipinski definition) is 1. The maximum absolute atomic E-state index is 12.2. The van der Waals surface area contributed by atoms with Crippen LogP contribution in [0.3, 0.4) is 0 Å². The largest absolute Gasteiger partial charge is 0.492 e. The van der Waals surface area contributed by atoms with E-state index in [2.05, 4.69) is 0 Å². The summed E-state index contributed by atoms with van der Waals surface area (Å²) in [6.07, 6.45) is 5.11. The number of likely N-dealkylation sites (N-methyl/N-ethyl adjacent to an activating group) is 1. The van der Waals surface area contributed by atoms with Gasteiger partial charge in [-0.25, -0.2) is 0 Å². The lowest BCUT2D eigenvalue weighted by Crippen LogP contribution is -2.38. The van der Waals surface area contributed by atoms with Gasteiger partial charge in [-0.15, -0.1) is 0 Å². The second-order valence-electron chi connectivity index (χ2n) is 5.89. The van der Waals surface area contributed by atoms with Gasteiger partial charge < -0.3 is 15.4 Å². The highest BCUT2D eigenvalue weighted by molar-refractivity contribution is 5.76. The zero-order valence-corrected chi connectivity index (χ0v) is 12.8. The number of carbonyl (C=O) groups excluding carboxylic acids is 1. The van der Waals surface area contributed by atoms with Crippen molar-refractivity contribution in [3.63, 3.8) is 0 Å². The molecule has 1 fully saturated rings. The third kappa shape index (κ3) is 5.05. The van der Waals surface area contributed by atoms with Gasteiger partial charge in [-0.2, -0.15) is 0 Å². The Bertz CT molecular complexity index is 436. The van der Waals surface area contributed by atoms with E-state index in [1.54, 1.807) is 4.90 Å². The molecule has 4 heteroatoms. The molecule has 4 nitrogen and oxygen atoms in total. The van der Waals surface area contributed by atoms with Crippen LogP contribution in [0, 0.1) is 5.92 Å². The Morgan fingerprint density at radius 1 is 1.29 bits per heavy atom. The molecule has 116 valence electrons. The van der Waals surface area contributed by atoms with Gasteiger partial charge in [-0.1, -0.05) is 31.0 Å². The number of para-hydroxylation sites is 1. The average Bonchev–Trinajstić information content (AvgIpc) is 2.50. The van der Waals surface area contributed by atoms with Crippen LogP contribution in [0.4, 0.5) is 0 Å². The molecule has 2 rings (SSSR count). The monoisotopic (exact) mass is 290 g/mol. The van der Waals surface area contributed by atoms with Crippen molar-refractivity contribution in [2.24, 2.45) is 11.7 Å². The molecule has 2 N–H and O–H groups in total. The van der Waals surface area contributed by atoms with Crippen LogP contribution in [0.5, 0.6) is 5.75 Å². The molecular formula is C17H26N2O2. The predicted octanol–water partition coefficient (Wildman–Crippen LogP) is 2.43. The molecule has 0 saturated heterocycles. The van der Waals surface area contributed by atoms with Gasteiger partial charge in [0, 0.05) is 19.5 Å². The molecular weight excluding hydrogens is 264 g/mol. The Morgan fingerprint density at radius 3 is 2.71 bits per heavy atom. The number of benzene rings is 1. The Hall–Kier alpha value is -1.55. The van der Waals surface area contributed by atoms with Gasteiger partial charge in [-0.3, -0.25) is 4.79 Å². The topological polar surface area (TPSA) is 55.6 Å². The van der Waals surface area contributed by atoms with Crippen LogP contribution in [0.25, 0.3) is 0 Å². The summed E-state index contributed by atoms with van der Waals surface area (Å²) in [6.45, 7) is 1.12. The van der Waals surface area contributed by atoms with E-state index in [0.717, 1.165) is 18.6 Å². The number of nitrogens with zero attached hydrogens (tertiary/aromatic N) is 1. The summed E-state index contributed by atoms with van der Waals surface area (Å²) in [7, 11) is 1.84. The molecule has 1 aromatic rings. The molecule has 0 spiro atoms. The van der Waals surface area contributed by atoms with Crippen LogP contribution in [-0.2, 0) is 4.79 Å². The predicted molar refractivity (Wildman–Crippen MR) is 84.1 cm³/mol. The molecule has 2 unspecified atom stereocenters. The number of nitrogens with two attached hydrogens (primary N) is 1. The highest BCUT2D eigenvalue weighted by atomic mass is 16.5. The van der Waals surface area contributed by atoms with E-state index in [1.165, 1.54) is 12.8 Å². The van der Waals surface area contributed by atoms with Crippen molar-refractivity contribution in [1.82, 2.24) is 4.90 Å². The van der Waals surface area contributed by atoms with E-state index >= 15 is 0 Å². The van der Waals surface area contributed by atoms with Crippen molar-refractivity contribution in [3.8, 4) is 5.75 Å². The van der Waals surface area contributed by atoms with Gasteiger partial charge in [0.25, 0.3) is 0 Å². The minimum atomic E-state index is 0.175. The van der Waals surface area contributed by atoms with Crippen LogP contribution < -0.4 is 10.5 Å². The zero-order chi connectivity index (χ0) is 15.1. The number of ether oxygens (including phenoxy) is 1. The number of amides is 1. The third-order valence-electron chi connectivity index (χ3n) is 4.27. The minimum Gasteiger partial charge on any atom is -0.492 e. The first kappa shape index (κ1) is 15.8. The molecule has 0 heterocycles. The summed E-state index contributed by atoms with van der Waals surface area (Å²) in [5, 5.41) is 0. The first-order chi connectivity index (χ1) is 10.2. The quantitative estimate of drug-likeness (QED) is 0.875. The zero-order valence-electron chi connectivity index (χ0n) is 12.8. The van der Waals surface area contributed by atoms with Crippen LogP contribution in [-0.4, -0.2) is 37.0 Å². The summed E-state index contributed by atoms with van der Waals surface area (Å²) in [5.41, 5.74) is 6.11. The lowest BCUT2D eigenvalue weighted by Gasteiger charge is -2.29. The van der Waals surface area contributed by atoms with E-state index in [-0.39, 0.29) is 11.9 Å². The Kier molecular flexibility index (Phi) is 6.05. The van der Waals surface area contributed by atoms with Crippen molar-refractivity contribution >= 4 is 5.91 Å². The highest BCUT2D eigenvalue weighted by Crippen LogP contribution is 2.26. The van der Waals surface area contributed by atoms with Gasteiger partial charge >= 0.3 is 0 Å². The maximum Gasteiger partial charge on any atom is 0.222 e. The Morgan fingerprint density at radius 2 is 2.00 bits per heavy atom. The fourth-order valence-electron chi connectivity index (χ4n) is 2.81. The van der Waals surface area contributed by atoms with Gasteiger partial charge in [0.05, 0.1) is 6.54 Å². The van der Waals surface area contributed by atoms with Crippen molar-refractivity contribution in [1.29, 1.82) is 0 Å². The van der Waals surface area contributed by atoms with Gasteiger partial charge in [0.15, 0.2) is 0 Å². The lowest BCUT2D eigenvalue weighted by molar-refractivity contribution is -0.131. The second kappa shape index (κ2) is 8.03. The second-order valence-corrected chi connectivity index (χ2v) is 5.89. The Labute approximate surface area is 127 Å². The molecule has 1 aliphatic carbocycles. The van der Waals surface area contributed by atoms with Crippen molar-refractivity contribution in [2.45, 2.75) is 38.1 Å². The number of hydrogen-bond acceptors (Lipinski definition) is 3. The summed E-state index contributed by atoms with van der Waals surface area (Å²) in [5.74, 6) is 1.37. The van der Waals surface area contributed by atoms with Crippen molar-refractivity contribution in [3.05, 3.63) is 30.3 Å². The molecule has 1 saturated carbocycles. The molecule has 21 heavy (non-hydrogen) atoms. The van der Waals surface area contributed by atoms with E-state index in [4.69, 9.17) is 10.5 Å². The summed E-state index contributed by atoms with van der Waals surface area (Å²) < 4.78 is 5.62. The molecule has 0 aliphatic heterocycles. The molecule has 2 atom stereocenters. The molecule has 1 amide bonds. The van der Waals surface area contributed by atoms with Crippen LogP contribution in [0.1, 0.15) is 32.1 Å². The van der Waals surface area contributed by atoms with Gasteiger partial charge in [-0.05, 0) is 30.9 Å². The molecule has 0 radical (unpaired) electrons. The van der Waals surface area contributed by atoms with Crippen LogP contribution >= 0.6 is 0 Å². The van der Waals surface area contributed by atoms with E-state index in [0.29, 0.717) is 25.5 Å². The highest BCUT2D eigenvalue weighted by Gasteiger charge is 2.25. The number of carbonyl (C=O) groups is 1. The van der Waals surface area contributed by atoms with Crippen molar-refractivity contribution < 1.29 is 9.53 Å². The molecule has 0 aromatic heterocycles. The lowest BCUT2D eigenvalue weighted by atomic mass is 9.83. The van der Waals surface area contributed by atoms with E-state index in [9.17, 15) is 4.79 Å². The number of rotatable bonds is 6. The summed E-state index contributed by atoms with van der Waals surface area (Å²) in [4.78, 5) is 14.0. The molecule has 1 aliphatic rings. The summed E-state index contributed by atoms with van der Waals surface area (Å²) >= 11 is 0. The summed E-state index contributed by atoms with van der Waals surface area (Å²) in [6, 6.07) is 9.86. The molecule has 0 bridgehead atoms. The first-order valence-electron chi connectivity index (χ1n) is 7.84. The maximum atomic E-state index is 12.2. The average molecular weight is 290 g/mol. The van der Waals surface area contributed by atoms with Gasteiger partial charge in [0.2, 0.25) is 5.91 Å². The Balaban J connectivity index is 1.69. The third-order valence-corrected chi connectivity index (χ3v) is 4.27. The van der Waals surface area contributed by atoms with Crippen LogP contribution in [0.2, 0.25) is 0 Å². The van der Waals surface area contributed by atoms with E-state index < -0.39 is 0 Å². The fraction of sp³-hybridized carbons (Fsp3) is 0.588. The minimum absolute atomic E-state index is 0.175.